The second-order valence-corrected chi connectivity index (χ2v) is 7.74. The number of thiocarbonyl (C=S) groups is 1. The number of rotatable bonds is 2. The van der Waals surface area contributed by atoms with Crippen LogP contribution in [-0.2, 0) is 16.1 Å². The van der Waals surface area contributed by atoms with Crippen molar-refractivity contribution in [2.75, 3.05) is 20.1 Å². The molecule has 1 N–H and O–H groups in total. The molecule has 1 unspecified atom stereocenters. The van der Waals surface area contributed by atoms with E-state index >= 15 is 0 Å². The van der Waals surface area contributed by atoms with Crippen molar-refractivity contribution >= 4 is 29.0 Å². The Bertz CT molecular complexity index is 740. The summed E-state index contributed by atoms with van der Waals surface area (Å²) in [5, 5.41) is 2.45. The molecule has 0 bridgehead atoms. The number of hydrogen-bond donors (Lipinski definition) is 1. The molecule has 0 aromatic heterocycles. The molecule has 6 heteroatoms. The summed E-state index contributed by atoms with van der Waals surface area (Å²) in [4.78, 5) is 28.8. The predicted molar refractivity (Wildman–Crippen MR) is 99.3 cm³/mol. The summed E-state index contributed by atoms with van der Waals surface area (Å²) in [6.07, 6.45) is 3.26. The van der Waals surface area contributed by atoms with Gasteiger partial charge in [-0.15, -0.1) is 0 Å². The molecule has 1 aromatic rings. The van der Waals surface area contributed by atoms with Crippen molar-refractivity contribution in [3.05, 3.63) is 34.9 Å². The predicted octanol–water partition coefficient (Wildman–Crippen LogP) is 1.79. The van der Waals surface area contributed by atoms with E-state index in [-0.39, 0.29) is 17.9 Å². The minimum absolute atomic E-state index is 0.184. The third-order valence-electron chi connectivity index (χ3n) is 5.78. The monoisotopic (exact) mass is 357 g/mol. The first-order chi connectivity index (χ1) is 12.0. The third kappa shape index (κ3) is 2.98. The third-order valence-corrected chi connectivity index (χ3v) is 6.23. The molecule has 3 aliphatic rings. The molecule has 3 heterocycles. The summed E-state index contributed by atoms with van der Waals surface area (Å²) < 4.78 is 0. The minimum atomic E-state index is -0.331. The average molecular weight is 357 g/mol. The van der Waals surface area contributed by atoms with E-state index in [1.54, 1.807) is 0 Å². The number of likely N-dealkylation sites (tertiary alicyclic amines) is 1. The number of hydrogen-bond acceptors (Lipinski definition) is 4. The number of nitrogens with one attached hydrogen (secondary N) is 1. The standard InChI is InChI=1S/C19H23N3O2S/c1-21-9-7-12(8-10-21)13-3-2-4-14-15(13)11-22(19(14)25)16-5-6-17(23)20-18(16)24/h2-4,12,16H,5-11H2,1H3,(H,20,23,24). The van der Waals surface area contributed by atoms with Crippen LogP contribution in [0.1, 0.15) is 48.3 Å². The summed E-state index contributed by atoms with van der Waals surface area (Å²) in [7, 11) is 2.17. The summed E-state index contributed by atoms with van der Waals surface area (Å²) in [5.41, 5.74) is 3.77. The van der Waals surface area contributed by atoms with E-state index < -0.39 is 0 Å². The number of nitrogens with zero attached hydrogens (tertiary/aromatic N) is 2. The van der Waals surface area contributed by atoms with Gasteiger partial charge in [-0.25, -0.2) is 0 Å². The van der Waals surface area contributed by atoms with Gasteiger partial charge in [-0.2, -0.15) is 0 Å². The van der Waals surface area contributed by atoms with Crippen LogP contribution in [0.4, 0.5) is 0 Å². The molecule has 3 aliphatic heterocycles. The van der Waals surface area contributed by atoms with Gasteiger partial charge in [0.15, 0.2) is 0 Å². The van der Waals surface area contributed by atoms with Crippen LogP contribution in [0.5, 0.6) is 0 Å². The molecule has 132 valence electrons. The fourth-order valence-corrected chi connectivity index (χ4v) is 4.69. The Balaban J connectivity index is 1.60. The Morgan fingerprint density at radius 2 is 1.92 bits per heavy atom. The molecule has 0 radical (unpaired) electrons. The highest BCUT2D eigenvalue weighted by molar-refractivity contribution is 7.80. The van der Waals surface area contributed by atoms with Gasteiger partial charge in [0.1, 0.15) is 11.0 Å². The fraction of sp³-hybridized carbons (Fsp3) is 0.526. The topological polar surface area (TPSA) is 52.6 Å². The van der Waals surface area contributed by atoms with E-state index in [2.05, 4.69) is 35.5 Å². The first-order valence-electron chi connectivity index (χ1n) is 8.99. The zero-order valence-electron chi connectivity index (χ0n) is 14.5. The summed E-state index contributed by atoms with van der Waals surface area (Å²) >= 11 is 5.69. The van der Waals surface area contributed by atoms with Gasteiger partial charge in [-0.05, 0) is 56.4 Å². The molecule has 0 aliphatic carbocycles. The lowest BCUT2D eigenvalue weighted by Crippen LogP contribution is -2.52. The van der Waals surface area contributed by atoms with Crippen LogP contribution in [-0.4, -0.2) is 52.8 Å². The zero-order chi connectivity index (χ0) is 17.6. The number of carbonyl (C=O) groups excluding carboxylic acids is 2. The molecule has 1 atom stereocenters. The summed E-state index contributed by atoms with van der Waals surface area (Å²) in [6.45, 7) is 2.92. The van der Waals surface area contributed by atoms with E-state index in [9.17, 15) is 9.59 Å². The number of piperidine rings is 2. The maximum Gasteiger partial charge on any atom is 0.249 e. The molecule has 1 aromatic carbocycles. The number of benzene rings is 1. The van der Waals surface area contributed by atoms with E-state index in [1.165, 1.54) is 11.1 Å². The molecule has 2 amide bonds. The van der Waals surface area contributed by atoms with E-state index in [0.29, 0.717) is 25.3 Å². The van der Waals surface area contributed by atoms with Crippen molar-refractivity contribution in [2.45, 2.75) is 44.2 Å². The van der Waals surface area contributed by atoms with E-state index in [4.69, 9.17) is 12.2 Å². The lowest BCUT2D eigenvalue weighted by Gasteiger charge is -2.31. The normalized spacial score (nSPS) is 25.2. The molecule has 0 saturated carbocycles. The molecule has 2 fully saturated rings. The highest BCUT2D eigenvalue weighted by Gasteiger charge is 2.38. The van der Waals surface area contributed by atoms with E-state index in [0.717, 1.165) is 36.5 Å². The van der Waals surface area contributed by atoms with Crippen molar-refractivity contribution in [2.24, 2.45) is 0 Å². The van der Waals surface area contributed by atoms with Crippen LogP contribution in [0.2, 0.25) is 0 Å². The number of amides is 2. The molecule has 5 nitrogen and oxygen atoms in total. The van der Waals surface area contributed by atoms with Crippen molar-refractivity contribution in [3.8, 4) is 0 Å². The maximum absolute atomic E-state index is 12.3. The number of carbonyl (C=O) groups is 2. The smallest absolute Gasteiger partial charge is 0.249 e. The number of imide groups is 1. The molecule has 0 spiro atoms. The Morgan fingerprint density at radius 3 is 2.64 bits per heavy atom. The lowest BCUT2D eigenvalue weighted by molar-refractivity contribution is -0.136. The second-order valence-electron chi connectivity index (χ2n) is 7.35. The highest BCUT2D eigenvalue weighted by Crippen LogP contribution is 2.37. The van der Waals surface area contributed by atoms with Gasteiger partial charge in [-0.1, -0.05) is 30.4 Å². The Kier molecular flexibility index (Phi) is 4.33. The molecule has 25 heavy (non-hydrogen) atoms. The quantitative estimate of drug-likeness (QED) is 0.646. The Hall–Kier alpha value is -1.79. The van der Waals surface area contributed by atoms with Gasteiger partial charge in [0, 0.05) is 18.5 Å². The van der Waals surface area contributed by atoms with Crippen LogP contribution in [0, 0.1) is 0 Å². The van der Waals surface area contributed by atoms with Crippen molar-refractivity contribution in [1.82, 2.24) is 15.1 Å². The van der Waals surface area contributed by atoms with Crippen molar-refractivity contribution in [3.63, 3.8) is 0 Å². The van der Waals surface area contributed by atoms with Crippen molar-refractivity contribution in [1.29, 1.82) is 0 Å². The molecular formula is C19H23N3O2S. The SMILES string of the molecule is CN1CCC(c2cccc3c2CN(C2CCC(=O)NC2=O)C3=S)CC1. The molecule has 4 rings (SSSR count). The van der Waals surface area contributed by atoms with Crippen LogP contribution in [0.25, 0.3) is 0 Å². The first-order valence-corrected chi connectivity index (χ1v) is 9.40. The van der Waals surface area contributed by atoms with Crippen LogP contribution in [0.15, 0.2) is 18.2 Å². The lowest BCUT2D eigenvalue weighted by atomic mass is 9.85. The summed E-state index contributed by atoms with van der Waals surface area (Å²) in [6, 6.07) is 6.06. The molecule has 2 saturated heterocycles. The van der Waals surface area contributed by atoms with Gasteiger partial charge >= 0.3 is 0 Å². The van der Waals surface area contributed by atoms with Crippen LogP contribution >= 0.6 is 12.2 Å². The largest absolute Gasteiger partial charge is 0.346 e. The Morgan fingerprint density at radius 1 is 1.16 bits per heavy atom. The molecular weight excluding hydrogens is 334 g/mol. The average Bonchev–Trinajstić information content (AvgIpc) is 2.93. The van der Waals surface area contributed by atoms with Gasteiger partial charge < -0.3 is 9.80 Å². The first kappa shape index (κ1) is 16.7. The van der Waals surface area contributed by atoms with E-state index in [1.807, 2.05) is 4.90 Å². The minimum Gasteiger partial charge on any atom is -0.346 e. The van der Waals surface area contributed by atoms with Crippen LogP contribution in [0.3, 0.4) is 0 Å². The highest BCUT2D eigenvalue weighted by atomic mass is 32.1. The van der Waals surface area contributed by atoms with Crippen LogP contribution < -0.4 is 5.32 Å². The summed E-state index contributed by atoms with van der Waals surface area (Å²) in [5.74, 6) is 0.166. The van der Waals surface area contributed by atoms with Gasteiger partial charge in [0.25, 0.3) is 0 Å². The number of fused-ring (bicyclic) bond motifs is 1. The Labute approximate surface area is 153 Å². The maximum atomic E-state index is 12.3. The fourth-order valence-electron chi connectivity index (χ4n) is 4.31. The second kappa shape index (κ2) is 6.50. The van der Waals surface area contributed by atoms with Gasteiger partial charge in [-0.3, -0.25) is 14.9 Å². The zero-order valence-corrected chi connectivity index (χ0v) is 15.3. The van der Waals surface area contributed by atoms with Gasteiger partial charge in [0.2, 0.25) is 11.8 Å². The van der Waals surface area contributed by atoms with Crippen molar-refractivity contribution < 1.29 is 9.59 Å². The van der Waals surface area contributed by atoms with Gasteiger partial charge in [0.05, 0.1) is 0 Å².